The Labute approximate surface area is 208 Å². The molecule has 0 fully saturated rings. The molecule has 0 aliphatic carbocycles. The minimum absolute atomic E-state index is 0.270. The van der Waals surface area contributed by atoms with Crippen LogP contribution in [0.25, 0.3) is 0 Å². The normalized spacial score (nSPS) is 14.9. The summed E-state index contributed by atoms with van der Waals surface area (Å²) in [5, 5.41) is 17.8. The lowest BCUT2D eigenvalue weighted by atomic mass is 10.3. The fraction of sp³-hybridized carbons (Fsp3) is 0.357. The Kier molecular flexibility index (Phi) is 12.2. The number of para-hydroxylation sites is 2. The number of thioether (sulfide) groups is 1. The van der Waals surface area contributed by atoms with Crippen LogP contribution in [-0.4, -0.2) is 53.2 Å². The van der Waals surface area contributed by atoms with Crippen LogP contribution in [0.3, 0.4) is 0 Å². The SMILES string of the molecule is CC1CSc2cc(O)ccc2O1.CCCN(C)[C@@H](C)COc1ccccc1.Oc1ccccc1. The molecule has 4 rings (SSSR count). The number of hydrogen-bond donors (Lipinski definition) is 2. The fourth-order valence-electron chi connectivity index (χ4n) is 3.03. The number of rotatable bonds is 6. The summed E-state index contributed by atoms with van der Waals surface area (Å²) in [4.78, 5) is 3.36. The number of nitrogens with zero attached hydrogens (tertiary/aromatic N) is 1. The van der Waals surface area contributed by atoms with E-state index in [0.29, 0.717) is 17.5 Å². The van der Waals surface area contributed by atoms with Gasteiger partial charge in [0.15, 0.2) is 0 Å². The number of benzene rings is 3. The van der Waals surface area contributed by atoms with Crippen molar-refractivity contribution in [2.24, 2.45) is 0 Å². The molecule has 1 unspecified atom stereocenters. The van der Waals surface area contributed by atoms with E-state index >= 15 is 0 Å². The maximum Gasteiger partial charge on any atom is 0.133 e. The van der Waals surface area contributed by atoms with E-state index in [9.17, 15) is 5.11 Å². The molecule has 0 bridgehead atoms. The van der Waals surface area contributed by atoms with Crippen LogP contribution in [0.15, 0.2) is 83.8 Å². The first kappa shape index (κ1) is 27.4. The van der Waals surface area contributed by atoms with Crippen molar-refractivity contribution in [1.29, 1.82) is 0 Å². The van der Waals surface area contributed by atoms with Gasteiger partial charge in [-0.25, -0.2) is 0 Å². The Morgan fingerprint density at radius 2 is 1.65 bits per heavy atom. The molecule has 3 aromatic rings. The molecule has 0 radical (unpaired) electrons. The molecule has 5 nitrogen and oxygen atoms in total. The van der Waals surface area contributed by atoms with Gasteiger partial charge >= 0.3 is 0 Å². The third kappa shape index (κ3) is 10.4. The van der Waals surface area contributed by atoms with Gasteiger partial charge in [-0.3, -0.25) is 0 Å². The topological polar surface area (TPSA) is 62.2 Å². The molecule has 0 amide bonds. The molecular weight excluding hydrogens is 446 g/mol. The monoisotopic (exact) mass is 483 g/mol. The summed E-state index contributed by atoms with van der Waals surface area (Å²) in [6, 6.07) is 24.4. The number of likely N-dealkylation sites (N-methyl/N-ethyl adjacent to an activating group) is 1. The number of phenolic OH excluding ortho intramolecular Hbond substituents is 2. The predicted octanol–water partition coefficient (Wildman–Crippen LogP) is 6.45. The zero-order chi connectivity index (χ0) is 24.8. The van der Waals surface area contributed by atoms with E-state index in [0.717, 1.165) is 35.3 Å². The standard InChI is InChI=1S/C13H21NO.C9H10O2S.C6H6O/c1-4-10-14(3)12(2)11-15-13-8-6-5-7-9-13;1-6-5-12-9-4-7(10)2-3-8(9)11-6;7-6-4-2-1-3-5-6/h5-9,12H,4,10-11H2,1-3H3;2-4,6,10H,5H2,1H3;1-5,7H/t12-;;/m0../s1. The van der Waals surface area contributed by atoms with Crippen molar-refractivity contribution in [1.82, 2.24) is 4.90 Å². The van der Waals surface area contributed by atoms with Crippen molar-refractivity contribution in [3.8, 4) is 23.0 Å². The molecule has 0 saturated heterocycles. The van der Waals surface area contributed by atoms with Gasteiger partial charge in [0, 0.05) is 11.8 Å². The van der Waals surface area contributed by atoms with E-state index < -0.39 is 0 Å². The molecule has 0 saturated carbocycles. The Balaban J connectivity index is 0.000000191. The first-order valence-electron chi connectivity index (χ1n) is 11.6. The van der Waals surface area contributed by atoms with E-state index in [2.05, 4.69) is 25.8 Å². The number of ether oxygens (including phenoxy) is 2. The van der Waals surface area contributed by atoms with Crippen molar-refractivity contribution in [2.45, 2.75) is 44.2 Å². The largest absolute Gasteiger partial charge is 0.508 e. The number of aromatic hydroxyl groups is 2. The van der Waals surface area contributed by atoms with Crippen LogP contribution < -0.4 is 9.47 Å². The molecule has 184 valence electrons. The van der Waals surface area contributed by atoms with E-state index in [4.69, 9.17) is 14.6 Å². The molecule has 2 atom stereocenters. The molecule has 6 heteroatoms. The van der Waals surface area contributed by atoms with Crippen LogP contribution in [0.4, 0.5) is 0 Å². The second kappa shape index (κ2) is 15.1. The van der Waals surface area contributed by atoms with E-state index in [1.807, 2.05) is 49.4 Å². The minimum Gasteiger partial charge on any atom is -0.508 e. The quantitative estimate of drug-likeness (QED) is 0.420. The molecule has 3 aromatic carbocycles. The zero-order valence-corrected chi connectivity index (χ0v) is 21.4. The third-order valence-electron chi connectivity index (χ3n) is 5.05. The highest BCUT2D eigenvalue weighted by Crippen LogP contribution is 2.37. The average molecular weight is 484 g/mol. The van der Waals surface area contributed by atoms with Crippen molar-refractivity contribution in [2.75, 3.05) is 26.0 Å². The summed E-state index contributed by atoms with van der Waals surface area (Å²) < 4.78 is 11.2. The van der Waals surface area contributed by atoms with Gasteiger partial charge in [-0.2, -0.15) is 0 Å². The van der Waals surface area contributed by atoms with Crippen molar-refractivity contribution < 1.29 is 19.7 Å². The highest BCUT2D eigenvalue weighted by atomic mass is 32.2. The van der Waals surface area contributed by atoms with Gasteiger partial charge in [-0.05, 0) is 76.3 Å². The fourth-order valence-corrected chi connectivity index (χ4v) is 3.97. The van der Waals surface area contributed by atoms with E-state index in [1.54, 1.807) is 48.2 Å². The molecule has 1 heterocycles. The van der Waals surface area contributed by atoms with Crippen molar-refractivity contribution in [3.05, 3.63) is 78.9 Å². The van der Waals surface area contributed by atoms with E-state index in [-0.39, 0.29) is 6.10 Å². The van der Waals surface area contributed by atoms with Crippen LogP contribution in [0.5, 0.6) is 23.0 Å². The first-order valence-corrected chi connectivity index (χ1v) is 12.6. The van der Waals surface area contributed by atoms with Crippen LogP contribution >= 0.6 is 11.8 Å². The molecule has 0 spiro atoms. The van der Waals surface area contributed by atoms with E-state index in [1.165, 1.54) is 6.42 Å². The maximum absolute atomic E-state index is 9.19. The average Bonchev–Trinajstić information content (AvgIpc) is 2.85. The lowest BCUT2D eigenvalue weighted by Crippen LogP contribution is -2.34. The molecule has 1 aliphatic heterocycles. The van der Waals surface area contributed by atoms with Gasteiger partial charge in [-0.1, -0.05) is 43.3 Å². The lowest BCUT2D eigenvalue weighted by molar-refractivity contribution is 0.173. The number of hydrogen-bond acceptors (Lipinski definition) is 6. The summed E-state index contributed by atoms with van der Waals surface area (Å²) in [6.45, 7) is 8.31. The molecule has 0 aromatic heterocycles. The van der Waals surface area contributed by atoms with Crippen molar-refractivity contribution in [3.63, 3.8) is 0 Å². The third-order valence-corrected chi connectivity index (χ3v) is 6.31. The van der Waals surface area contributed by atoms with Gasteiger partial charge in [0.2, 0.25) is 0 Å². The molecular formula is C28H37NO4S. The Morgan fingerprint density at radius 3 is 2.24 bits per heavy atom. The Morgan fingerprint density at radius 1 is 1.00 bits per heavy atom. The minimum atomic E-state index is 0.270. The first-order chi connectivity index (χ1) is 16.4. The molecule has 1 aliphatic rings. The Bertz CT molecular complexity index is 940. The zero-order valence-electron chi connectivity index (χ0n) is 20.6. The second-order valence-electron chi connectivity index (χ2n) is 8.16. The van der Waals surface area contributed by atoms with Gasteiger partial charge in [0.25, 0.3) is 0 Å². The smallest absolute Gasteiger partial charge is 0.133 e. The summed E-state index contributed by atoms with van der Waals surface area (Å²) >= 11 is 1.73. The molecule has 2 N–H and O–H groups in total. The predicted molar refractivity (Wildman–Crippen MR) is 141 cm³/mol. The second-order valence-corrected chi connectivity index (χ2v) is 9.22. The van der Waals surface area contributed by atoms with Gasteiger partial charge in [0.05, 0.1) is 4.90 Å². The Hall–Kier alpha value is -2.83. The summed E-state index contributed by atoms with van der Waals surface area (Å²) in [5.74, 6) is 3.42. The van der Waals surface area contributed by atoms with Gasteiger partial charge in [-0.15, -0.1) is 11.8 Å². The number of fused-ring (bicyclic) bond motifs is 1. The maximum atomic E-state index is 9.19. The number of phenols is 2. The molecule has 34 heavy (non-hydrogen) atoms. The summed E-state index contributed by atoms with van der Waals surface area (Å²) in [6.07, 6.45) is 1.46. The summed E-state index contributed by atoms with van der Waals surface area (Å²) in [5.41, 5.74) is 0. The highest BCUT2D eigenvalue weighted by Gasteiger charge is 2.16. The lowest BCUT2D eigenvalue weighted by Gasteiger charge is -2.24. The van der Waals surface area contributed by atoms with Gasteiger partial charge in [0.1, 0.15) is 35.7 Å². The summed E-state index contributed by atoms with van der Waals surface area (Å²) in [7, 11) is 2.14. The van der Waals surface area contributed by atoms with Crippen molar-refractivity contribution >= 4 is 11.8 Å². The highest BCUT2D eigenvalue weighted by molar-refractivity contribution is 7.99. The van der Waals surface area contributed by atoms with Gasteiger partial charge < -0.3 is 24.6 Å². The van der Waals surface area contributed by atoms with Crippen LogP contribution in [0, 0.1) is 0 Å². The van der Waals surface area contributed by atoms with Crippen LogP contribution in [0.1, 0.15) is 27.2 Å². The van der Waals surface area contributed by atoms with Crippen LogP contribution in [-0.2, 0) is 0 Å². The van der Waals surface area contributed by atoms with Crippen LogP contribution in [0.2, 0.25) is 0 Å².